The third-order valence-electron chi connectivity index (χ3n) is 4.12. The molecule has 0 saturated heterocycles. The lowest BCUT2D eigenvalue weighted by Gasteiger charge is -2.04. The monoisotopic (exact) mass is 348 g/mol. The molecule has 0 aliphatic rings. The van der Waals surface area contributed by atoms with Gasteiger partial charge in [0, 0.05) is 21.4 Å². The first kappa shape index (κ1) is 15.5. The highest BCUT2D eigenvalue weighted by Crippen LogP contribution is 2.32. The zero-order chi connectivity index (χ0) is 17.4. The average Bonchev–Trinajstić information content (AvgIpc) is 3.00. The van der Waals surface area contributed by atoms with E-state index in [2.05, 4.69) is 0 Å². The van der Waals surface area contributed by atoms with Gasteiger partial charge in [0.05, 0.1) is 5.57 Å². The number of benzene rings is 3. The number of fused-ring (bicyclic) bond motifs is 3. The van der Waals surface area contributed by atoms with Crippen molar-refractivity contribution in [1.82, 2.24) is 0 Å². The lowest BCUT2D eigenvalue weighted by Crippen LogP contribution is -1.99. The molecule has 3 aromatic carbocycles. The summed E-state index contributed by atoms with van der Waals surface area (Å²) in [7, 11) is 0. The van der Waals surface area contributed by atoms with Crippen LogP contribution in [0.5, 0.6) is 0 Å². The van der Waals surface area contributed by atoms with Gasteiger partial charge >= 0.3 is 5.97 Å². The summed E-state index contributed by atoms with van der Waals surface area (Å²) < 4.78 is 5.96. The van der Waals surface area contributed by atoms with E-state index in [1.165, 1.54) is 0 Å². The summed E-state index contributed by atoms with van der Waals surface area (Å²) in [6, 6.07) is 20.2. The normalized spacial score (nSPS) is 12.0. The van der Waals surface area contributed by atoms with Crippen molar-refractivity contribution in [1.29, 1.82) is 0 Å². The lowest BCUT2D eigenvalue weighted by molar-refractivity contribution is -0.130. The van der Waals surface area contributed by atoms with Crippen molar-refractivity contribution in [2.45, 2.75) is 0 Å². The number of carbonyl (C=O) groups is 1. The van der Waals surface area contributed by atoms with E-state index in [-0.39, 0.29) is 5.57 Å². The smallest absolute Gasteiger partial charge is 0.336 e. The number of halogens is 1. The highest BCUT2D eigenvalue weighted by atomic mass is 35.5. The SMILES string of the molecule is O=C(O)/C(=C\c1cccc2c1oc1ccccc12)c1ccc(Cl)cc1. The first-order valence-electron chi connectivity index (χ1n) is 7.75. The molecule has 0 bridgehead atoms. The fourth-order valence-electron chi connectivity index (χ4n) is 2.94. The first-order valence-corrected chi connectivity index (χ1v) is 8.12. The van der Waals surface area contributed by atoms with Crippen LogP contribution in [-0.4, -0.2) is 11.1 Å². The molecule has 0 aliphatic carbocycles. The van der Waals surface area contributed by atoms with Crippen molar-refractivity contribution in [3.63, 3.8) is 0 Å². The number of carboxylic acid groups (broad SMARTS) is 1. The van der Waals surface area contributed by atoms with E-state index in [1.807, 2.05) is 42.5 Å². The Balaban J connectivity index is 1.94. The second-order valence-electron chi connectivity index (χ2n) is 5.69. The maximum absolute atomic E-state index is 11.8. The third kappa shape index (κ3) is 2.79. The van der Waals surface area contributed by atoms with Crippen LogP contribution in [0.3, 0.4) is 0 Å². The molecule has 4 heteroatoms. The zero-order valence-corrected chi connectivity index (χ0v) is 13.8. The minimum absolute atomic E-state index is 0.185. The quantitative estimate of drug-likeness (QED) is 0.372. The summed E-state index contributed by atoms with van der Waals surface area (Å²) in [6.45, 7) is 0. The number of hydrogen-bond acceptors (Lipinski definition) is 2. The second-order valence-corrected chi connectivity index (χ2v) is 6.13. The summed E-state index contributed by atoms with van der Waals surface area (Å²) in [5.41, 5.74) is 2.95. The Labute approximate surface area is 148 Å². The number of hydrogen-bond donors (Lipinski definition) is 1. The van der Waals surface area contributed by atoms with Crippen LogP contribution in [0.4, 0.5) is 0 Å². The molecule has 122 valence electrons. The van der Waals surface area contributed by atoms with Gasteiger partial charge in [-0.1, -0.05) is 60.1 Å². The molecule has 1 aromatic heterocycles. The highest BCUT2D eigenvalue weighted by molar-refractivity contribution is 6.30. The summed E-state index contributed by atoms with van der Waals surface area (Å²) in [6.07, 6.45) is 1.64. The molecule has 4 aromatic rings. The molecule has 0 unspecified atom stereocenters. The van der Waals surface area contributed by atoms with Gasteiger partial charge in [-0.3, -0.25) is 0 Å². The van der Waals surface area contributed by atoms with E-state index in [0.717, 1.165) is 21.9 Å². The van der Waals surface area contributed by atoms with Gasteiger partial charge in [-0.15, -0.1) is 0 Å². The maximum atomic E-state index is 11.8. The average molecular weight is 349 g/mol. The molecule has 3 nitrogen and oxygen atoms in total. The topological polar surface area (TPSA) is 50.4 Å². The number of aliphatic carboxylic acids is 1. The van der Waals surface area contributed by atoms with Gasteiger partial charge < -0.3 is 9.52 Å². The van der Waals surface area contributed by atoms with Crippen molar-refractivity contribution in [2.75, 3.05) is 0 Å². The molecule has 0 spiro atoms. The van der Waals surface area contributed by atoms with E-state index >= 15 is 0 Å². The van der Waals surface area contributed by atoms with E-state index in [0.29, 0.717) is 16.2 Å². The Morgan fingerprint density at radius 2 is 1.64 bits per heavy atom. The summed E-state index contributed by atoms with van der Waals surface area (Å²) in [4.78, 5) is 11.8. The number of furan rings is 1. The van der Waals surface area contributed by atoms with Crippen LogP contribution < -0.4 is 0 Å². The Kier molecular flexibility index (Phi) is 3.79. The van der Waals surface area contributed by atoms with E-state index in [9.17, 15) is 9.90 Å². The van der Waals surface area contributed by atoms with Gasteiger partial charge in [0.15, 0.2) is 0 Å². The molecule has 1 N–H and O–H groups in total. The van der Waals surface area contributed by atoms with Crippen LogP contribution in [0.25, 0.3) is 33.6 Å². The molecule has 0 fully saturated rings. The second kappa shape index (κ2) is 6.11. The molecule has 0 saturated carbocycles. The molecule has 0 radical (unpaired) electrons. The predicted octanol–water partition coefficient (Wildman–Crippen LogP) is 5.86. The van der Waals surface area contributed by atoms with Gasteiger partial charge in [0.25, 0.3) is 0 Å². The minimum atomic E-state index is -1.00. The standard InChI is InChI=1S/C21H13ClO3/c22-15-10-8-13(9-11-15)18(21(23)24)12-14-4-3-6-17-16-5-1-2-7-19(16)25-20(14)17/h1-12H,(H,23,24)/b18-12-. The fourth-order valence-corrected chi connectivity index (χ4v) is 3.06. The Hall–Kier alpha value is -3.04. The molecule has 1 heterocycles. The van der Waals surface area contributed by atoms with E-state index in [1.54, 1.807) is 30.3 Å². The molecule has 25 heavy (non-hydrogen) atoms. The molecule has 0 atom stereocenters. The van der Waals surface area contributed by atoms with Crippen molar-refractivity contribution in [3.05, 3.63) is 82.9 Å². The summed E-state index contributed by atoms with van der Waals surface area (Å²) in [5, 5.41) is 12.2. The van der Waals surface area contributed by atoms with Gasteiger partial charge in [-0.05, 0) is 29.8 Å². The number of para-hydroxylation sites is 2. The highest BCUT2D eigenvalue weighted by Gasteiger charge is 2.14. The number of carboxylic acids is 1. The first-order chi connectivity index (χ1) is 12.1. The molecular formula is C21H13ClO3. The van der Waals surface area contributed by atoms with E-state index < -0.39 is 5.97 Å². The Morgan fingerprint density at radius 1 is 0.920 bits per heavy atom. The molecule has 0 amide bonds. The van der Waals surface area contributed by atoms with Crippen LogP contribution in [0.15, 0.2) is 71.1 Å². The van der Waals surface area contributed by atoms with Gasteiger partial charge in [-0.25, -0.2) is 4.79 Å². The predicted molar refractivity (Wildman–Crippen MR) is 101 cm³/mol. The van der Waals surface area contributed by atoms with Crippen molar-refractivity contribution in [3.8, 4) is 0 Å². The van der Waals surface area contributed by atoms with Crippen molar-refractivity contribution in [2.24, 2.45) is 0 Å². The van der Waals surface area contributed by atoms with Crippen molar-refractivity contribution >= 4 is 51.2 Å². The van der Waals surface area contributed by atoms with Crippen molar-refractivity contribution < 1.29 is 14.3 Å². The van der Waals surface area contributed by atoms with E-state index in [4.69, 9.17) is 16.0 Å². The van der Waals surface area contributed by atoms with Crippen LogP contribution >= 0.6 is 11.6 Å². The van der Waals surface area contributed by atoms with Crippen LogP contribution in [0.2, 0.25) is 5.02 Å². The van der Waals surface area contributed by atoms with Gasteiger partial charge in [0.2, 0.25) is 0 Å². The number of rotatable bonds is 3. The molecular weight excluding hydrogens is 336 g/mol. The maximum Gasteiger partial charge on any atom is 0.336 e. The summed E-state index contributed by atoms with van der Waals surface area (Å²) >= 11 is 5.90. The fraction of sp³-hybridized carbons (Fsp3) is 0. The van der Waals surface area contributed by atoms with Crippen LogP contribution in [0, 0.1) is 0 Å². The summed E-state index contributed by atoms with van der Waals surface area (Å²) in [5.74, 6) is -1.00. The van der Waals surface area contributed by atoms with Crippen LogP contribution in [0.1, 0.15) is 11.1 Å². The minimum Gasteiger partial charge on any atom is -0.478 e. The largest absolute Gasteiger partial charge is 0.478 e. The molecule has 0 aliphatic heterocycles. The Morgan fingerprint density at radius 3 is 2.40 bits per heavy atom. The zero-order valence-electron chi connectivity index (χ0n) is 13.1. The molecule has 4 rings (SSSR count). The van der Waals surface area contributed by atoms with Gasteiger partial charge in [0.1, 0.15) is 11.2 Å². The van der Waals surface area contributed by atoms with Crippen LogP contribution in [-0.2, 0) is 4.79 Å². The van der Waals surface area contributed by atoms with Gasteiger partial charge in [-0.2, -0.15) is 0 Å². The Bertz CT molecular complexity index is 1120. The lowest BCUT2D eigenvalue weighted by atomic mass is 10.0. The third-order valence-corrected chi connectivity index (χ3v) is 4.37.